The van der Waals surface area contributed by atoms with Gasteiger partial charge in [-0.25, -0.2) is 4.79 Å². The third kappa shape index (κ3) is 11.5. The molecular weight excluding hydrogens is 716 g/mol. The second-order valence-corrected chi connectivity index (χ2v) is 18.0. The molecule has 11 nitrogen and oxygen atoms in total. The second kappa shape index (κ2) is 20.6. The number of ether oxygens (including phenoxy) is 3. The number of hydrogen-bond donors (Lipinski definition) is 5. The Hall–Kier alpha value is -2.25. The SMILES string of the molecule is CC[C@H]1C=C/C=C\C[C@@H](C)[C@H](O)[C@@](C)(O)C(=O)C(C)[C@H](O)[C@@H](C)C(=O)[C@@H](C)[C@H](O)[C@@H](C)C=CC(=O)O[C@@H]2[C@H](C)[C@H](CC1)O[C@]1(CC[C@H](C)[C@H](C[C@@H](C)O)O1)[C@H]2C. The van der Waals surface area contributed by atoms with Gasteiger partial charge in [0.15, 0.2) is 11.6 Å². The van der Waals surface area contributed by atoms with E-state index < -0.39 is 89.0 Å². The van der Waals surface area contributed by atoms with Gasteiger partial charge in [0.05, 0.1) is 36.6 Å². The molecule has 0 aliphatic carbocycles. The van der Waals surface area contributed by atoms with Crippen LogP contribution in [0.5, 0.6) is 0 Å². The average molecular weight is 791 g/mol. The number of aliphatic hydroxyl groups is 5. The van der Waals surface area contributed by atoms with E-state index in [1.807, 2.05) is 32.1 Å². The van der Waals surface area contributed by atoms with Gasteiger partial charge in [-0.1, -0.05) is 92.7 Å². The summed E-state index contributed by atoms with van der Waals surface area (Å²) in [6.45, 7) is 19.1. The Kier molecular flexibility index (Phi) is 17.7. The molecule has 11 heteroatoms. The Morgan fingerprint density at radius 1 is 0.839 bits per heavy atom. The summed E-state index contributed by atoms with van der Waals surface area (Å²) in [6.07, 6.45) is 9.62. The molecule has 3 heterocycles. The highest BCUT2D eigenvalue weighted by Gasteiger charge is 2.56. The van der Waals surface area contributed by atoms with Crippen LogP contribution < -0.4 is 0 Å². The molecule has 0 aromatic carbocycles. The highest BCUT2D eigenvalue weighted by atomic mass is 16.7. The lowest BCUT2D eigenvalue weighted by molar-refractivity contribution is -0.371. The number of carbonyl (C=O) groups excluding carboxylic acids is 3. The van der Waals surface area contributed by atoms with E-state index in [4.69, 9.17) is 14.2 Å². The van der Waals surface area contributed by atoms with Gasteiger partial charge < -0.3 is 39.7 Å². The van der Waals surface area contributed by atoms with Crippen LogP contribution in [0, 0.1) is 53.3 Å². The largest absolute Gasteiger partial charge is 0.458 e. The number of fused-ring (bicyclic) bond motifs is 2. The summed E-state index contributed by atoms with van der Waals surface area (Å²) in [4.78, 5) is 40.5. The van der Waals surface area contributed by atoms with Crippen molar-refractivity contribution in [1.82, 2.24) is 0 Å². The summed E-state index contributed by atoms with van der Waals surface area (Å²) >= 11 is 0. The third-order valence-corrected chi connectivity index (χ3v) is 13.4. The molecule has 5 N–H and O–H groups in total. The molecule has 320 valence electrons. The number of Topliss-reactive ketones (excluding diaryl/α,β-unsaturated/α-hetero) is 2. The number of aliphatic hydroxyl groups excluding tert-OH is 4. The minimum absolute atomic E-state index is 0.168. The predicted octanol–water partition coefficient (Wildman–Crippen LogP) is 5.88. The van der Waals surface area contributed by atoms with Crippen LogP contribution in [0.25, 0.3) is 0 Å². The first-order valence-electron chi connectivity index (χ1n) is 21.2. The van der Waals surface area contributed by atoms with Crippen molar-refractivity contribution in [2.75, 3.05) is 0 Å². The van der Waals surface area contributed by atoms with Crippen LogP contribution in [0.1, 0.15) is 121 Å². The Balaban J connectivity index is 1.99. The first-order chi connectivity index (χ1) is 26.1. The topological polar surface area (TPSA) is 180 Å². The normalized spacial score (nSPS) is 45.6. The molecule has 1 unspecified atom stereocenters. The first kappa shape index (κ1) is 48.1. The predicted molar refractivity (Wildman–Crippen MR) is 215 cm³/mol. The van der Waals surface area contributed by atoms with Crippen LogP contribution in [0.15, 0.2) is 36.5 Å². The zero-order chi connectivity index (χ0) is 42.3. The smallest absolute Gasteiger partial charge is 0.330 e. The van der Waals surface area contributed by atoms with E-state index in [2.05, 4.69) is 19.9 Å². The van der Waals surface area contributed by atoms with Crippen LogP contribution in [-0.4, -0.2) is 97.2 Å². The summed E-state index contributed by atoms with van der Waals surface area (Å²) in [5.41, 5.74) is -2.18. The van der Waals surface area contributed by atoms with Gasteiger partial charge in [0.25, 0.3) is 0 Å². The minimum atomic E-state index is -2.18. The van der Waals surface area contributed by atoms with Crippen LogP contribution in [0.3, 0.4) is 0 Å². The third-order valence-electron chi connectivity index (χ3n) is 13.4. The molecule has 3 rings (SSSR count). The molecule has 1 spiro atoms. The summed E-state index contributed by atoms with van der Waals surface area (Å²) in [5, 5.41) is 55.0. The lowest BCUT2D eigenvalue weighted by atomic mass is 9.74. The van der Waals surface area contributed by atoms with E-state index in [0.29, 0.717) is 25.7 Å². The number of ketones is 2. The monoisotopic (exact) mass is 791 g/mol. The van der Waals surface area contributed by atoms with E-state index in [9.17, 15) is 39.9 Å². The van der Waals surface area contributed by atoms with Crippen LogP contribution in [0.4, 0.5) is 0 Å². The maximum Gasteiger partial charge on any atom is 0.330 e. The molecule has 0 amide bonds. The summed E-state index contributed by atoms with van der Waals surface area (Å²) in [6, 6.07) is 0. The van der Waals surface area contributed by atoms with Crippen LogP contribution >= 0.6 is 0 Å². The first-order valence-corrected chi connectivity index (χ1v) is 21.2. The van der Waals surface area contributed by atoms with Gasteiger partial charge in [0.1, 0.15) is 17.5 Å². The summed E-state index contributed by atoms with van der Waals surface area (Å²) in [5.74, 6) is -7.28. The standard InChI is InChI=1S/C45H74O11/c1-12-34-17-15-13-14-16-27(4)42(51)44(11,53)43(52)32(9)40(50)31(8)39(49)30(7)38(48)26(3)18-21-37(47)54-41-29(6)35(20-19-34)55-45(33(41)10)23-22-25(2)36(56-45)24-28(5)46/h13-15,17-18,21,25-36,38,40-42,46,48,50-51,53H,12,16,19-20,22-24H2,1-11H3/b14-13-,17-15?,21-18?/t25-,26-,27+,28+,29+,30-,31-,32?,33-,34-,35-,36-,38+,40+,41+,42-,44+,45-/m0/s1. The van der Waals surface area contributed by atoms with Crippen LogP contribution in [0.2, 0.25) is 0 Å². The molecule has 0 aromatic heterocycles. The van der Waals surface area contributed by atoms with Gasteiger partial charge in [-0.2, -0.15) is 0 Å². The number of rotatable bonds is 3. The minimum Gasteiger partial charge on any atom is -0.458 e. The second-order valence-electron chi connectivity index (χ2n) is 18.0. The molecule has 0 saturated carbocycles. The highest BCUT2D eigenvalue weighted by Crippen LogP contribution is 2.49. The molecule has 2 saturated heterocycles. The van der Waals surface area contributed by atoms with Crippen molar-refractivity contribution >= 4 is 17.5 Å². The van der Waals surface area contributed by atoms with Crippen molar-refractivity contribution in [1.29, 1.82) is 0 Å². The molecule has 3 aliphatic rings. The molecular formula is C45H74O11. The summed E-state index contributed by atoms with van der Waals surface area (Å²) < 4.78 is 20.0. The molecule has 18 atom stereocenters. The molecule has 2 fully saturated rings. The van der Waals surface area contributed by atoms with Crippen molar-refractivity contribution in [2.24, 2.45) is 53.3 Å². The van der Waals surface area contributed by atoms with E-state index in [-0.39, 0.29) is 35.9 Å². The van der Waals surface area contributed by atoms with Crippen LogP contribution in [-0.2, 0) is 28.6 Å². The fourth-order valence-electron chi connectivity index (χ4n) is 9.01. The molecule has 0 aromatic rings. The van der Waals surface area contributed by atoms with Crippen molar-refractivity contribution in [3.63, 3.8) is 0 Å². The summed E-state index contributed by atoms with van der Waals surface area (Å²) in [7, 11) is 0. The molecule has 2 bridgehead atoms. The Bertz CT molecular complexity index is 1390. The molecule has 3 aliphatic heterocycles. The Morgan fingerprint density at radius 3 is 2.11 bits per heavy atom. The lowest BCUT2D eigenvalue weighted by Gasteiger charge is -2.55. The maximum absolute atomic E-state index is 13.5. The quantitative estimate of drug-likeness (QED) is 0.216. The van der Waals surface area contributed by atoms with E-state index >= 15 is 0 Å². The molecule has 0 radical (unpaired) electrons. The maximum atomic E-state index is 13.5. The molecule has 56 heavy (non-hydrogen) atoms. The fraction of sp³-hybridized carbons (Fsp3) is 0.800. The van der Waals surface area contributed by atoms with Crippen molar-refractivity contribution in [3.8, 4) is 0 Å². The van der Waals surface area contributed by atoms with Crippen molar-refractivity contribution in [2.45, 2.75) is 175 Å². The number of allylic oxidation sites excluding steroid dienone is 4. The van der Waals surface area contributed by atoms with Crippen molar-refractivity contribution < 1.29 is 54.1 Å². The van der Waals surface area contributed by atoms with Gasteiger partial charge in [0.2, 0.25) is 0 Å². The van der Waals surface area contributed by atoms with E-state index in [1.54, 1.807) is 20.8 Å². The fourth-order valence-corrected chi connectivity index (χ4v) is 9.01. The van der Waals surface area contributed by atoms with Crippen molar-refractivity contribution in [3.05, 3.63) is 36.5 Å². The van der Waals surface area contributed by atoms with Gasteiger partial charge in [0, 0.05) is 48.0 Å². The number of esters is 1. The Morgan fingerprint density at radius 2 is 1.48 bits per heavy atom. The highest BCUT2D eigenvalue weighted by molar-refractivity contribution is 5.91. The van der Waals surface area contributed by atoms with E-state index in [0.717, 1.165) is 19.3 Å². The van der Waals surface area contributed by atoms with Gasteiger partial charge in [-0.3, -0.25) is 9.59 Å². The Labute approximate surface area is 336 Å². The van der Waals surface area contributed by atoms with Gasteiger partial charge in [-0.15, -0.1) is 0 Å². The zero-order valence-electron chi connectivity index (χ0n) is 35.8. The van der Waals surface area contributed by atoms with E-state index in [1.165, 1.54) is 39.8 Å². The number of hydrogen-bond acceptors (Lipinski definition) is 11. The van der Waals surface area contributed by atoms with Gasteiger partial charge in [-0.05, 0) is 70.1 Å². The zero-order valence-corrected chi connectivity index (χ0v) is 35.8. The van der Waals surface area contributed by atoms with Gasteiger partial charge >= 0.3 is 5.97 Å². The average Bonchev–Trinajstić information content (AvgIpc) is 3.16. The number of carbonyl (C=O) groups is 3. The lowest BCUT2D eigenvalue weighted by Crippen LogP contribution is -2.62.